The van der Waals surface area contributed by atoms with Gasteiger partial charge in [0.2, 0.25) is 0 Å². The fraction of sp³-hybridized carbons (Fsp3) is 1.00. The van der Waals surface area contributed by atoms with Crippen LogP contribution in [0.2, 0.25) is 0 Å². The minimum absolute atomic E-state index is 0.157. The molecule has 4 bridgehead atoms. The van der Waals surface area contributed by atoms with E-state index in [4.69, 9.17) is 5.73 Å². The van der Waals surface area contributed by atoms with Crippen molar-refractivity contribution in [3.05, 3.63) is 0 Å². The first-order valence-corrected chi connectivity index (χ1v) is 7.41. The lowest BCUT2D eigenvalue weighted by Crippen LogP contribution is -2.63. The second kappa shape index (κ2) is 3.71. The number of hydrogen-bond acceptors (Lipinski definition) is 2. The SMILES string of the molecule is CC(C)C(O)(CN)C12CC3CC(CC(C3)C1)C2. The van der Waals surface area contributed by atoms with Crippen LogP contribution in [0.5, 0.6) is 0 Å². The first-order chi connectivity index (χ1) is 7.99. The summed E-state index contributed by atoms with van der Waals surface area (Å²) in [6.45, 7) is 4.73. The Morgan fingerprint density at radius 1 is 1.12 bits per heavy atom. The van der Waals surface area contributed by atoms with Crippen LogP contribution in [-0.2, 0) is 0 Å². The Labute approximate surface area is 105 Å². The van der Waals surface area contributed by atoms with E-state index in [0.29, 0.717) is 6.54 Å². The lowest BCUT2D eigenvalue weighted by atomic mass is 9.44. The number of nitrogens with two attached hydrogens (primary N) is 1. The fourth-order valence-corrected chi connectivity index (χ4v) is 5.71. The maximum Gasteiger partial charge on any atom is 0.0848 e. The quantitative estimate of drug-likeness (QED) is 0.792. The smallest absolute Gasteiger partial charge is 0.0848 e. The molecule has 0 saturated heterocycles. The molecule has 4 fully saturated rings. The normalized spacial score (nSPS) is 47.5. The molecule has 0 aromatic rings. The summed E-state index contributed by atoms with van der Waals surface area (Å²) in [5, 5.41) is 11.1. The van der Waals surface area contributed by atoms with Gasteiger partial charge in [-0.2, -0.15) is 0 Å². The Kier molecular flexibility index (Phi) is 2.61. The monoisotopic (exact) mass is 237 g/mol. The second-order valence-corrected chi connectivity index (χ2v) is 7.48. The van der Waals surface area contributed by atoms with Gasteiger partial charge in [-0.25, -0.2) is 0 Å². The molecule has 98 valence electrons. The molecule has 0 spiro atoms. The highest BCUT2D eigenvalue weighted by molar-refractivity contribution is 5.11. The predicted octanol–water partition coefficient (Wildman–Crippen LogP) is 2.55. The minimum atomic E-state index is -0.622. The molecule has 17 heavy (non-hydrogen) atoms. The molecule has 0 aromatic heterocycles. The van der Waals surface area contributed by atoms with Crippen LogP contribution in [-0.4, -0.2) is 17.3 Å². The molecule has 4 aliphatic carbocycles. The van der Waals surface area contributed by atoms with Crippen LogP contribution in [0.3, 0.4) is 0 Å². The third-order valence-electron chi connectivity index (χ3n) is 6.22. The van der Waals surface area contributed by atoms with Gasteiger partial charge in [-0.3, -0.25) is 0 Å². The highest BCUT2D eigenvalue weighted by Crippen LogP contribution is 2.64. The molecule has 3 N–H and O–H groups in total. The first kappa shape index (κ1) is 12.0. The van der Waals surface area contributed by atoms with Crippen molar-refractivity contribution in [2.45, 2.75) is 58.0 Å². The summed E-state index contributed by atoms with van der Waals surface area (Å²) >= 11 is 0. The number of aliphatic hydroxyl groups is 1. The standard InChI is InChI=1S/C15H27NO/c1-10(2)15(17,9-16)14-6-11-3-12(7-14)5-13(4-11)8-14/h10-13,17H,3-9,16H2,1-2H3. The van der Waals surface area contributed by atoms with Gasteiger partial charge in [-0.1, -0.05) is 13.8 Å². The average Bonchev–Trinajstić information content (AvgIpc) is 2.25. The van der Waals surface area contributed by atoms with Crippen molar-refractivity contribution in [1.29, 1.82) is 0 Å². The van der Waals surface area contributed by atoms with Gasteiger partial charge in [-0.15, -0.1) is 0 Å². The largest absolute Gasteiger partial charge is 0.388 e. The topological polar surface area (TPSA) is 46.2 Å². The van der Waals surface area contributed by atoms with E-state index in [1.54, 1.807) is 0 Å². The van der Waals surface area contributed by atoms with Crippen molar-refractivity contribution in [3.8, 4) is 0 Å². The van der Waals surface area contributed by atoms with Gasteiger partial charge < -0.3 is 10.8 Å². The Balaban J connectivity index is 1.95. The van der Waals surface area contributed by atoms with Crippen molar-refractivity contribution >= 4 is 0 Å². The van der Waals surface area contributed by atoms with Crippen molar-refractivity contribution in [2.75, 3.05) is 6.54 Å². The van der Waals surface area contributed by atoms with E-state index >= 15 is 0 Å². The molecule has 4 aliphatic rings. The van der Waals surface area contributed by atoms with Gasteiger partial charge >= 0.3 is 0 Å². The van der Waals surface area contributed by atoms with Crippen molar-refractivity contribution in [2.24, 2.45) is 34.8 Å². The molecule has 0 radical (unpaired) electrons. The van der Waals surface area contributed by atoms with Crippen molar-refractivity contribution in [1.82, 2.24) is 0 Å². The fourth-order valence-electron chi connectivity index (χ4n) is 5.71. The summed E-state index contributed by atoms with van der Waals surface area (Å²) in [7, 11) is 0. The summed E-state index contributed by atoms with van der Waals surface area (Å²) in [5.41, 5.74) is 5.51. The summed E-state index contributed by atoms with van der Waals surface area (Å²) in [6.07, 6.45) is 8.01. The van der Waals surface area contributed by atoms with E-state index in [2.05, 4.69) is 13.8 Å². The molecule has 2 heteroatoms. The Bertz CT molecular complexity index is 277. The van der Waals surface area contributed by atoms with Crippen LogP contribution in [0, 0.1) is 29.1 Å². The van der Waals surface area contributed by atoms with Gasteiger partial charge in [0.15, 0.2) is 0 Å². The summed E-state index contributed by atoms with van der Waals surface area (Å²) in [4.78, 5) is 0. The lowest BCUT2D eigenvalue weighted by Gasteiger charge is -2.63. The van der Waals surface area contributed by atoms with Crippen LogP contribution in [0.15, 0.2) is 0 Å². The lowest BCUT2D eigenvalue weighted by molar-refractivity contribution is -0.193. The van der Waals surface area contributed by atoms with E-state index in [1.165, 1.54) is 38.5 Å². The molecule has 0 amide bonds. The molecule has 1 atom stereocenters. The van der Waals surface area contributed by atoms with Crippen LogP contribution in [0.1, 0.15) is 52.4 Å². The minimum Gasteiger partial charge on any atom is -0.388 e. The maximum absolute atomic E-state index is 11.1. The molecule has 0 heterocycles. The van der Waals surface area contributed by atoms with E-state index in [9.17, 15) is 5.11 Å². The third kappa shape index (κ3) is 1.53. The summed E-state index contributed by atoms with van der Waals surface area (Å²) in [5.74, 6) is 2.94. The zero-order chi connectivity index (χ0) is 12.3. The molecule has 1 unspecified atom stereocenters. The molecule has 4 rings (SSSR count). The van der Waals surface area contributed by atoms with E-state index in [-0.39, 0.29) is 11.3 Å². The third-order valence-corrected chi connectivity index (χ3v) is 6.22. The van der Waals surface area contributed by atoms with Crippen LogP contribution in [0.4, 0.5) is 0 Å². The van der Waals surface area contributed by atoms with Gasteiger partial charge in [0.25, 0.3) is 0 Å². The Hall–Kier alpha value is -0.0800. The van der Waals surface area contributed by atoms with E-state index < -0.39 is 5.60 Å². The van der Waals surface area contributed by atoms with Gasteiger partial charge in [0, 0.05) is 12.0 Å². The molecule has 2 nitrogen and oxygen atoms in total. The number of hydrogen-bond donors (Lipinski definition) is 2. The predicted molar refractivity (Wildman–Crippen MR) is 69.4 cm³/mol. The Morgan fingerprint density at radius 3 is 1.82 bits per heavy atom. The maximum atomic E-state index is 11.1. The van der Waals surface area contributed by atoms with Crippen LogP contribution >= 0.6 is 0 Å². The zero-order valence-corrected chi connectivity index (χ0v) is 11.3. The first-order valence-electron chi connectivity index (χ1n) is 7.41. The van der Waals surface area contributed by atoms with Crippen LogP contribution in [0.25, 0.3) is 0 Å². The molecular weight excluding hydrogens is 210 g/mol. The van der Waals surface area contributed by atoms with Crippen molar-refractivity contribution < 1.29 is 5.11 Å². The molecular formula is C15H27NO. The molecule has 4 saturated carbocycles. The Morgan fingerprint density at radius 2 is 1.53 bits per heavy atom. The van der Waals surface area contributed by atoms with Gasteiger partial charge in [0.1, 0.15) is 0 Å². The van der Waals surface area contributed by atoms with Crippen molar-refractivity contribution in [3.63, 3.8) is 0 Å². The molecule has 0 aliphatic heterocycles. The van der Waals surface area contributed by atoms with Gasteiger partial charge in [0.05, 0.1) is 5.60 Å². The average molecular weight is 237 g/mol. The summed E-state index contributed by atoms with van der Waals surface area (Å²) < 4.78 is 0. The highest BCUT2D eigenvalue weighted by Gasteiger charge is 2.60. The van der Waals surface area contributed by atoms with Crippen LogP contribution < -0.4 is 5.73 Å². The second-order valence-electron chi connectivity index (χ2n) is 7.48. The number of rotatable bonds is 3. The van der Waals surface area contributed by atoms with E-state index in [0.717, 1.165) is 17.8 Å². The highest BCUT2D eigenvalue weighted by atomic mass is 16.3. The van der Waals surface area contributed by atoms with E-state index in [1.807, 2.05) is 0 Å². The molecule has 0 aromatic carbocycles. The zero-order valence-electron chi connectivity index (χ0n) is 11.3. The van der Waals surface area contributed by atoms with Gasteiger partial charge in [-0.05, 0) is 62.2 Å². The summed E-state index contributed by atoms with van der Waals surface area (Å²) in [6, 6.07) is 0.